The fourth-order valence-electron chi connectivity index (χ4n) is 1.57. The Kier molecular flexibility index (Phi) is 2.67. The summed E-state index contributed by atoms with van der Waals surface area (Å²) in [6, 6.07) is 0. The molecule has 1 amide bonds. The van der Waals surface area contributed by atoms with E-state index in [-0.39, 0.29) is 12.3 Å². The fourth-order valence-corrected chi connectivity index (χ4v) is 1.57. The van der Waals surface area contributed by atoms with E-state index in [4.69, 9.17) is 5.11 Å². The predicted octanol–water partition coefficient (Wildman–Crippen LogP) is -0.471. The topological polar surface area (TPSA) is 107 Å². The molecule has 0 aliphatic carbocycles. The highest BCUT2D eigenvalue weighted by Crippen LogP contribution is 2.14. The van der Waals surface area contributed by atoms with Gasteiger partial charge in [0.1, 0.15) is 5.82 Å². The number of rotatable bonds is 4. The second kappa shape index (κ2) is 4.13. The van der Waals surface area contributed by atoms with Crippen LogP contribution in [0.5, 0.6) is 0 Å². The van der Waals surface area contributed by atoms with E-state index in [2.05, 4.69) is 20.5 Å². The van der Waals surface area contributed by atoms with Crippen molar-refractivity contribution in [3.8, 4) is 0 Å². The molecule has 2 rings (SSSR count). The molecule has 0 saturated heterocycles. The van der Waals surface area contributed by atoms with Crippen LogP contribution in [-0.4, -0.2) is 32.7 Å². The first-order valence-electron chi connectivity index (χ1n) is 4.73. The van der Waals surface area contributed by atoms with Crippen molar-refractivity contribution in [3.63, 3.8) is 0 Å². The molecule has 16 heavy (non-hydrogen) atoms. The number of hydrogen-bond acceptors (Lipinski definition) is 4. The van der Waals surface area contributed by atoms with Gasteiger partial charge in [0.15, 0.2) is 0 Å². The van der Waals surface area contributed by atoms with Crippen LogP contribution in [0.2, 0.25) is 0 Å². The number of H-pyrrole nitrogens is 1. The van der Waals surface area contributed by atoms with Gasteiger partial charge in [-0.05, 0) is 0 Å². The van der Waals surface area contributed by atoms with E-state index in [0.29, 0.717) is 18.0 Å². The van der Waals surface area contributed by atoms with E-state index < -0.39 is 11.9 Å². The number of hydrazone groups is 1. The van der Waals surface area contributed by atoms with Gasteiger partial charge < -0.3 is 10.1 Å². The number of nitrogens with one attached hydrogen (secondary N) is 2. The maximum Gasteiger partial charge on any atom is 0.309 e. The van der Waals surface area contributed by atoms with Gasteiger partial charge in [0.2, 0.25) is 5.91 Å². The average molecular weight is 222 g/mol. The van der Waals surface area contributed by atoms with Crippen LogP contribution in [-0.2, 0) is 16.0 Å². The zero-order valence-electron chi connectivity index (χ0n) is 8.30. The third kappa shape index (κ3) is 2.08. The van der Waals surface area contributed by atoms with Crippen molar-refractivity contribution in [1.82, 2.24) is 15.4 Å². The zero-order chi connectivity index (χ0) is 11.5. The normalized spacial score (nSPS) is 19.4. The van der Waals surface area contributed by atoms with Gasteiger partial charge in [-0.1, -0.05) is 0 Å². The molecule has 1 aromatic heterocycles. The third-order valence-electron chi connectivity index (χ3n) is 2.31. The number of hydrogen-bond donors (Lipinski definition) is 3. The van der Waals surface area contributed by atoms with Crippen molar-refractivity contribution in [2.75, 3.05) is 0 Å². The molecule has 1 unspecified atom stereocenters. The van der Waals surface area contributed by atoms with E-state index in [1.807, 2.05) is 0 Å². The summed E-state index contributed by atoms with van der Waals surface area (Å²) in [7, 11) is 0. The van der Waals surface area contributed by atoms with Crippen molar-refractivity contribution in [1.29, 1.82) is 0 Å². The lowest BCUT2D eigenvalue weighted by Gasteiger charge is -2.06. The lowest BCUT2D eigenvalue weighted by Crippen LogP contribution is -2.26. The third-order valence-corrected chi connectivity index (χ3v) is 2.31. The predicted molar refractivity (Wildman–Crippen MR) is 53.6 cm³/mol. The summed E-state index contributed by atoms with van der Waals surface area (Å²) in [5.41, 5.74) is 2.62. The van der Waals surface area contributed by atoms with Crippen LogP contribution >= 0.6 is 0 Å². The van der Waals surface area contributed by atoms with E-state index in [9.17, 15) is 9.59 Å². The molecule has 0 aromatic carbocycles. The number of carbonyl (C=O) groups excluding carboxylic acids is 1. The molecule has 1 aromatic rings. The minimum atomic E-state index is -1.00. The molecular formula is C9H10N4O3. The van der Waals surface area contributed by atoms with Crippen LogP contribution in [0.15, 0.2) is 17.5 Å². The highest BCUT2D eigenvalue weighted by molar-refractivity contribution is 6.13. The summed E-state index contributed by atoms with van der Waals surface area (Å²) >= 11 is 0. The van der Waals surface area contributed by atoms with Crippen LogP contribution in [0.3, 0.4) is 0 Å². The first-order chi connectivity index (χ1) is 7.66. The smallest absolute Gasteiger partial charge is 0.309 e. The molecule has 7 heteroatoms. The Labute approximate surface area is 90.6 Å². The van der Waals surface area contributed by atoms with Crippen molar-refractivity contribution in [2.24, 2.45) is 11.0 Å². The Balaban J connectivity index is 2.09. The highest BCUT2D eigenvalue weighted by atomic mass is 16.4. The lowest BCUT2D eigenvalue weighted by molar-refractivity contribution is -0.135. The van der Waals surface area contributed by atoms with Gasteiger partial charge in [-0.2, -0.15) is 5.10 Å². The van der Waals surface area contributed by atoms with Gasteiger partial charge in [-0.25, -0.2) is 10.4 Å². The SMILES string of the molecule is O=C(O)CC1=NNC(=O)C1Cc1ncc[nH]1. The van der Waals surface area contributed by atoms with Crippen LogP contribution in [0, 0.1) is 5.92 Å². The molecule has 0 bridgehead atoms. The van der Waals surface area contributed by atoms with Crippen LogP contribution in [0.1, 0.15) is 12.2 Å². The molecule has 1 aliphatic rings. The van der Waals surface area contributed by atoms with Crippen molar-refractivity contribution in [3.05, 3.63) is 18.2 Å². The van der Waals surface area contributed by atoms with Gasteiger partial charge >= 0.3 is 5.97 Å². The number of carboxylic acid groups (broad SMARTS) is 1. The first kappa shape index (κ1) is 10.3. The number of carbonyl (C=O) groups is 2. The minimum absolute atomic E-state index is 0.232. The molecule has 84 valence electrons. The number of amides is 1. The molecule has 0 saturated carbocycles. The quantitative estimate of drug-likeness (QED) is 0.639. The summed E-state index contributed by atoms with van der Waals surface area (Å²) in [6.07, 6.45) is 3.33. The standard InChI is InChI=1S/C9H10N4O3/c14-8(15)4-6-5(9(16)13-12-6)3-7-10-1-2-11-7/h1-2,5H,3-4H2,(H,10,11)(H,13,16)(H,14,15). The van der Waals surface area contributed by atoms with Crippen molar-refractivity contribution < 1.29 is 14.7 Å². The average Bonchev–Trinajstić information content (AvgIpc) is 2.82. The number of aromatic amines is 1. The molecular weight excluding hydrogens is 212 g/mol. The number of carboxylic acids is 1. The van der Waals surface area contributed by atoms with Crippen molar-refractivity contribution in [2.45, 2.75) is 12.8 Å². The van der Waals surface area contributed by atoms with E-state index in [0.717, 1.165) is 0 Å². The summed E-state index contributed by atoms with van der Waals surface area (Å²) in [5.74, 6) is -1.19. The van der Waals surface area contributed by atoms with Crippen LogP contribution < -0.4 is 5.43 Å². The van der Waals surface area contributed by atoms with Gasteiger partial charge in [0.25, 0.3) is 0 Å². The summed E-state index contributed by atoms with van der Waals surface area (Å²) < 4.78 is 0. The Morgan fingerprint density at radius 3 is 3.00 bits per heavy atom. The fraction of sp³-hybridized carbons (Fsp3) is 0.333. The van der Waals surface area contributed by atoms with E-state index in [1.165, 1.54) is 0 Å². The Hall–Kier alpha value is -2.18. The maximum atomic E-state index is 11.4. The van der Waals surface area contributed by atoms with Gasteiger partial charge in [0.05, 0.1) is 18.1 Å². The summed E-state index contributed by atoms with van der Waals surface area (Å²) in [5, 5.41) is 12.4. The van der Waals surface area contributed by atoms with E-state index >= 15 is 0 Å². The molecule has 2 heterocycles. The van der Waals surface area contributed by atoms with Gasteiger partial charge in [-0.3, -0.25) is 9.59 Å². The van der Waals surface area contributed by atoms with Crippen molar-refractivity contribution >= 4 is 17.6 Å². The van der Waals surface area contributed by atoms with Crippen LogP contribution in [0.4, 0.5) is 0 Å². The molecule has 1 aliphatic heterocycles. The summed E-state index contributed by atoms with van der Waals surface area (Å²) in [4.78, 5) is 28.9. The molecule has 0 fully saturated rings. The highest BCUT2D eigenvalue weighted by Gasteiger charge is 2.31. The Morgan fingerprint density at radius 2 is 2.38 bits per heavy atom. The molecule has 0 radical (unpaired) electrons. The number of aliphatic carboxylic acids is 1. The Bertz CT molecular complexity index is 438. The number of imidazole rings is 1. The maximum absolute atomic E-state index is 11.4. The summed E-state index contributed by atoms with van der Waals surface area (Å²) in [6.45, 7) is 0. The number of nitrogens with zero attached hydrogens (tertiary/aromatic N) is 2. The van der Waals surface area contributed by atoms with Crippen LogP contribution in [0.25, 0.3) is 0 Å². The minimum Gasteiger partial charge on any atom is -0.481 e. The second-order valence-corrected chi connectivity index (χ2v) is 3.44. The molecule has 3 N–H and O–H groups in total. The second-order valence-electron chi connectivity index (χ2n) is 3.44. The monoisotopic (exact) mass is 222 g/mol. The van der Waals surface area contributed by atoms with Gasteiger partial charge in [0, 0.05) is 18.8 Å². The number of aromatic nitrogens is 2. The molecule has 1 atom stereocenters. The van der Waals surface area contributed by atoms with E-state index in [1.54, 1.807) is 12.4 Å². The molecule has 0 spiro atoms. The molecule has 7 nitrogen and oxygen atoms in total. The largest absolute Gasteiger partial charge is 0.481 e. The zero-order valence-corrected chi connectivity index (χ0v) is 8.30. The first-order valence-corrected chi connectivity index (χ1v) is 4.73. The van der Waals surface area contributed by atoms with Gasteiger partial charge in [-0.15, -0.1) is 0 Å². The Morgan fingerprint density at radius 1 is 1.56 bits per heavy atom. The lowest BCUT2D eigenvalue weighted by atomic mass is 9.97.